The van der Waals surface area contributed by atoms with Crippen LogP contribution in [0.5, 0.6) is 0 Å². The van der Waals surface area contributed by atoms with Crippen molar-refractivity contribution in [2.45, 2.75) is 26.8 Å². The van der Waals surface area contributed by atoms with Gasteiger partial charge in [-0.2, -0.15) is 0 Å². The molecule has 3 aromatic heterocycles. The molecule has 0 aliphatic carbocycles. The molecule has 8 heteroatoms. The summed E-state index contributed by atoms with van der Waals surface area (Å²) in [5.41, 5.74) is 6.98. The maximum Gasteiger partial charge on any atom is 0.227 e. The number of aryl methyl sites for hydroxylation is 2. The number of hydrogen-bond donors (Lipinski definition) is 1. The highest BCUT2D eigenvalue weighted by atomic mass is 35.5. The number of benzene rings is 1. The monoisotopic (exact) mass is 462 g/mol. The van der Waals surface area contributed by atoms with Crippen molar-refractivity contribution in [2.75, 3.05) is 36.5 Å². The van der Waals surface area contributed by atoms with Gasteiger partial charge in [0.1, 0.15) is 5.15 Å². The van der Waals surface area contributed by atoms with E-state index in [1.807, 2.05) is 12.1 Å². The fraction of sp³-hybridized carbons (Fsp3) is 0.320. The second kappa shape index (κ2) is 9.37. The van der Waals surface area contributed by atoms with Crippen LogP contribution in [-0.2, 0) is 11.3 Å². The fourth-order valence-electron chi connectivity index (χ4n) is 4.34. The third kappa shape index (κ3) is 4.51. The van der Waals surface area contributed by atoms with Gasteiger partial charge >= 0.3 is 0 Å². The molecule has 1 aromatic carbocycles. The first-order valence-corrected chi connectivity index (χ1v) is 11.7. The third-order valence-electron chi connectivity index (χ3n) is 5.88. The summed E-state index contributed by atoms with van der Waals surface area (Å²) in [5.74, 6) is 0.543. The molecule has 0 unspecified atom stereocenters. The first-order valence-electron chi connectivity index (χ1n) is 11.3. The maximum absolute atomic E-state index is 6.30. The molecule has 1 saturated heterocycles. The van der Waals surface area contributed by atoms with Crippen LogP contribution in [0.3, 0.4) is 0 Å². The number of nitrogens with zero attached hydrogens (tertiary/aromatic N) is 5. The van der Waals surface area contributed by atoms with E-state index in [-0.39, 0.29) is 0 Å². The number of halogens is 1. The van der Waals surface area contributed by atoms with Gasteiger partial charge in [0.2, 0.25) is 5.95 Å². The van der Waals surface area contributed by atoms with Crippen molar-refractivity contribution < 1.29 is 4.74 Å². The smallest absolute Gasteiger partial charge is 0.227 e. The summed E-state index contributed by atoms with van der Waals surface area (Å²) in [4.78, 5) is 16.2. The van der Waals surface area contributed by atoms with E-state index < -0.39 is 0 Å². The van der Waals surface area contributed by atoms with Gasteiger partial charge in [-0.3, -0.25) is 0 Å². The molecule has 7 nitrogen and oxygen atoms in total. The number of ether oxygens (including phenoxy) is 1. The highest BCUT2D eigenvalue weighted by Gasteiger charge is 2.16. The minimum absolute atomic E-state index is 0.489. The summed E-state index contributed by atoms with van der Waals surface area (Å²) in [5, 5.41) is 3.82. The zero-order chi connectivity index (χ0) is 22.8. The SMILES string of the molecule is CCCn1cc(-c2ccnc(Nc3ccc(N4CCOCC4)cc3)n2)c2nc(Cl)cc(C)c21. The normalized spacial score (nSPS) is 14.1. The molecule has 0 bridgehead atoms. The Hall–Kier alpha value is -3.16. The Balaban J connectivity index is 1.43. The van der Waals surface area contributed by atoms with Gasteiger partial charge in [0, 0.05) is 49.0 Å². The van der Waals surface area contributed by atoms with Crippen molar-refractivity contribution in [1.82, 2.24) is 19.5 Å². The molecule has 170 valence electrons. The van der Waals surface area contributed by atoms with E-state index in [0.717, 1.165) is 72.8 Å². The molecule has 5 rings (SSSR count). The summed E-state index contributed by atoms with van der Waals surface area (Å²) in [6.07, 6.45) is 4.92. The minimum Gasteiger partial charge on any atom is -0.378 e. The van der Waals surface area contributed by atoms with Crippen LogP contribution in [0.2, 0.25) is 5.15 Å². The molecule has 0 atom stereocenters. The first kappa shape index (κ1) is 21.7. The van der Waals surface area contributed by atoms with E-state index in [9.17, 15) is 0 Å². The zero-order valence-electron chi connectivity index (χ0n) is 18.9. The van der Waals surface area contributed by atoms with Gasteiger partial charge in [-0.15, -0.1) is 0 Å². The van der Waals surface area contributed by atoms with E-state index >= 15 is 0 Å². The summed E-state index contributed by atoms with van der Waals surface area (Å²) < 4.78 is 7.68. The van der Waals surface area contributed by atoms with E-state index in [1.54, 1.807) is 6.20 Å². The van der Waals surface area contributed by atoms with Crippen LogP contribution < -0.4 is 10.2 Å². The lowest BCUT2D eigenvalue weighted by Crippen LogP contribution is -2.36. The quantitative estimate of drug-likeness (QED) is 0.384. The molecule has 1 aliphatic rings. The van der Waals surface area contributed by atoms with E-state index in [4.69, 9.17) is 21.3 Å². The molecule has 0 amide bonds. The van der Waals surface area contributed by atoms with Crippen molar-refractivity contribution >= 4 is 40.0 Å². The minimum atomic E-state index is 0.489. The van der Waals surface area contributed by atoms with Crippen LogP contribution in [0.1, 0.15) is 18.9 Å². The molecule has 0 spiro atoms. The summed E-state index contributed by atoms with van der Waals surface area (Å²) in [7, 11) is 0. The van der Waals surface area contributed by atoms with Crippen LogP contribution >= 0.6 is 11.6 Å². The second-order valence-electron chi connectivity index (χ2n) is 8.23. The van der Waals surface area contributed by atoms with Gasteiger partial charge in [0.05, 0.1) is 29.9 Å². The number of anilines is 3. The molecule has 1 N–H and O–H groups in total. The van der Waals surface area contributed by atoms with E-state index in [2.05, 4.69) is 69.1 Å². The Morgan fingerprint density at radius 2 is 1.88 bits per heavy atom. The zero-order valence-corrected chi connectivity index (χ0v) is 19.6. The Bertz CT molecular complexity index is 1260. The van der Waals surface area contributed by atoms with E-state index in [0.29, 0.717) is 11.1 Å². The van der Waals surface area contributed by atoms with Gasteiger partial charge in [-0.05, 0) is 55.3 Å². The van der Waals surface area contributed by atoms with Crippen LogP contribution in [0.15, 0.2) is 48.8 Å². The molecule has 33 heavy (non-hydrogen) atoms. The van der Waals surface area contributed by atoms with Crippen molar-refractivity contribution in [3.05, 3.63) is 59.5 Å². The number of rotatable bonds is 6. The van der Waals surface area contributed by atoms with Crippen molar-refractivity contribution in [2.24, 2.45) is 0 Å². The predicted octanol–water partition coefficient (Wildman–Crippen LogP) is 5.45. The van der Waals surface area contributed by atoms with Crippen LogP contribution in [0, 0.1) is 6.92 Å². The first-order chi connectivity index (χ1) is 16.1. The number of fused-ring (bicyclic) bond motifs is 1. The maximum atomic E-state index is 6.30. The summed E-state index contributed by atoms with van der Waals surface area (Å²) in [6, 6.07) is 12.2. The predicted molar refractivity (Wildman–Crippen MR) is 134 cm³/mol. The topological polar surface area (TPSA) is 68.1 Å². The molecule has 1 fully saturated rings. The lowest BCUT2D eigenvalue weighted by atomic mass is 10.1. The molecule has 1 aliphatic heterocycles. The van der Waals surface area contributed by atoms with Gasteiger partial charge in [0.25, 0.3) is 0 Å². The molecule has 4 aromatic rings. The number of hydrogen-bond acceptors (Lipinski definition) is 6. The summed E-state index contributed by atoms with van der Waals surface area (Å²) >= 11 is 6.30. The van der Waals surface area contributed by atoms with Gasteiger partial charge in [-0.25, -0.2) is 15.0 Å². The van der Waals surface area contributed by atoms with Crippen molar-refractivity contribution in [3.63, 3.8) is 0 Å². The van der Waals surface area contributed by atoms with Crippen LogP contribution in [0.4, 0.5) is 17.3 Å². The molecule has 0 radical (unpaired) electrons. The standard InChI is InChI=1S/C25H27ClN6O/c1-3-10-32-16-20(23-24(32)17(2)15-22(26)30-23)21-8-9-27-25(29-21)28-18-4-6-19(7-5-18)31-11-13-33-14-12-31/h4-9,15-16H,3,10-14H2,1-2H3,(H,27,28,29). The van der Waals surface area contributed by atoms with Crippen molar-refractivity contribution in [1.29, 1.82) is 0 Å². The molecular formula is C25H27ClN6O. The molecular weight excluding hydrogens is 436 g/mol. The average molecular weight is 463 g/mol. The van der Waals surface area contributed by atoms with Gasteiger partial charge in [0.15, 0.2) is 0 Å². The highest BCUT2D eigenvalue weighted by Crippen LogP contribution is 2.32. The third-order valence-corrected chi connectivity index (χ3v) is 6.07. The van der Waals surface area contributed by atoms with Crippen LogP contribution in [-0.4, -0.2) is 45.8 Å². The molecule has 4 heterocycles. The molecule has 0 saturated carbocycles. The lowest BCUT2D eigenvalue weighted by molar-refractivity contribution is 0.122. The Labute approximate surface area is 198 Å². The summed E-state index contributed by atoms with van der Waals surface area (Å²) in [6.45, 7) is 8.53. The Kier molecular flexibility index (Phi) is 6.15. The fourth-order valence-corrected chi connectivity index (χ4v) is 4.59. The second-order valence-corrected chi connectivity index (χ2v) is 8.62. The van der Waals surface area contributed by atoms with E-state index in [1.165, 1.54) is 5.69 Å². The van der Waals surface area contributed by atoms with Crippen molar-refractivity contribution in [3.8, 4) is 11.3 Å². The highest BCUT2D eigenvalue weighted by molar-refractivity contribution is 6.30. The number of morpholine rings is 1. The lowest BCUT2D eigenvalue weighted by Gasteiger charge is -2.28. The number of nitrogens with one attached hydrogen (secondary N) is 1. The van der Waals surface area contributed by atoms with Gasteiger partial charge < -0.3 is 19.5 Å². The average Bonchev–Trinajstić information content (AvgIpc) is 3.19. The number of pyridine rings is 1. The Morgan fingerprint density at radius 1 is 1.09 bits per heavy atom. The Morgan fingerprint density at radius 3 is 2.64 bits per heavy atom. The van der Waals surface area contributed by atoms with Gasteiger partial charge in [-0.1, -0.05) is 18.5 Å². The largest absolute Gasteiger partial charge is 0.378 e. The number of aromatic nitrogens is 4. The van der Waals surface area contributed by atoms with Crippen LogP contribution in [0.25, 0.3) is 22.3 Å².